The Hall–Kier alpha value is -0.550. The second kappa shape index (κ2) is 8.66. The van der Waals surface area contributed by atoms with E-state index in [1.54, 1.807) is 0 Å². The van der Waals surface area contributed by atoms with Crippen molar-refractivity contribution < 1.29 is 74.6 Å². The summed E-state index contributed by atoms with van der Waals surface area (Å²) in [5.41, 5.74) is 0. The monoisotopic (exact) mass is 542 g/mol. The van der Waals surface area contributed by atoms with E-state index in [9.17, 15) is 74.6 Å². The maximum absolute atomic E-state index is 13.4. The SMILES string of the molecule is FC(F)(F)C(F)(F)C(F)(F)C(F)(F)C(F)(F)C(F)(F)C(F)(F)C(F)(F)CCSCCCl. The van der Waals surface area contributed by atoms with Gasteiger partial charge in [0.05, 0.1) is 0 Å². The molecule has 0 nitrogen and oxygen atoms in total. The number of halogens is 18. The minimum Gasteiger partial charge on any atom is -0.200 e. The molecule has 0 aliphatic rings. The molecule has 0 fully saturated rings. The van der Waals surface area contributed by atoms with E-state index >= 15 is 0 Å². The van der Waals surface area contributed by atoms with Crippen molar-refractivity contribution in [1.29, 1.82) is 0 Å². The van der Waals surface area contributed by atoms with Crippen LogP contribution in [0.3, 0.4) is 0 Å². The van der Waals surface area contributed by atoms with Crippen molar-refractivity contribution in [2.45, 2.75) is 54.1 Å². The molecule has 0 rings (SSSR count). The van der Waals surface area contributed by atoms with E-state index in [1.165, 1.54) is 0 Å². The second-order valence-corrected chi connectivity index (χ2v) is 7.30. The molecule has 0 aromatic heterocycles. The summed E-state index contributed by atoms with van der Waals surface area (Å²) in [4.78, 5) is 0. The van der Waals surface area contributed by atoms with E-state index in [2.05, 4.69) is 0 Å². The van der Waals surface area contributed by atoms with Gasteiger partial charge in [-0.05, 0) is 5.75 Å². The van der Waals surface area contributed by atoms with E-state index < -0.39 is 59.8 Å². The van der Waals surface area contributed by atoms with E-state index in [1.807, 2.05) is 0 Å². The standard InChI is InChI=1S/C12H8ClF17S/c13-2-4-31-3-1-5(14,15)6(16,17)7(18,19)8(20,21)9(22,23)10(24,25)11(26,27)12(28,29)30/h1-4H2. The maximum Gasteiger partial charge on any atom is 0.460 e. The first-order chi connectivity index (χ1) is 13.3. The van der Waals surface area contributed by atoms with Crippen molar-refractivity contribution in [3.05, 3.63) is 0 Å². The fraction of sp³-hybridized carbons (Fsp3) is 1.00. The number of thioether (sulfide) groups is 1. The summed E-state index contributed by atoms with van der Waals surface area (Å²) in [5.74, 6) is -57.7. The van der Waals surface area contributed by atoms with Crippen LogP contribution in [0.1, 0.15) is 6.42 Å². The number of alkyl halides is 18. The summed E-state index contributed by atoms with van der Waals surface area (Å²) in [6.45, 7) is 0. The largest absolute Gasteiger partial charge is 0.460 e. The molecule has 0 aliphatic heterocycles. The van der Waals surface area contributed by atoms with Crippen LogP contribution in [0, 0.1) is 0 Å². The minimum atomic E-state index is -8.59. The van der Waals surface area contributed by atoms with Crippen LogP contribution in [-0.2, 0) is 0 Å². The van der Waals surface area contributed by atoms with Crippen molar-refractivity contribution >= 4 is 23.4 Å². The first-order valence-corrected chi connectivity index (χ1v) is 8.85. The average Bonchev–Trinajstić information content (AvgIpc) is 2.56. The molecule has 0 bridgehead atoms. The molecule has 0 unspecified atom stereocenters. The zero-order chi connectivity index (χ0) is 25.5. The van der Waals surface area contributed by atoms with Crippen molar-refractivity contribution in [3.8, 4) is 0 Å². The number of hydrogen-bond donors (Lipinski definition) is 0. The van der Waals surface area contributed by atoms with Gasteiger partial charge >= 0.3 is 47.6 Å². The molecule has 0 amide bonds. The maximum atomic E-state index is 13.4. The van der Waals surface area contributed by atoms with Gasteiger partial charge in [0.2, 0.25) is 0 Å². The zero-order valence-electron chi connectivity index (χ0n) is 14.0. The Balaban J connectivity index is 6.37. The minimum absolute atomic E-state index is 0.260. The second-order valence-electron chi connectivity index (χ2n) is 5.70. The summed E-state index contributed by atoms with van der Waals surface area (Å²) < 4.78 is 220. The van der Waals surface area contributed by atoms with Crippen molar-refractivity contribution in [3.63, 3.8) is 0 Å². The van der Waals surface area contributed by atoms with Crippen LogP contribution in [0.25, 0.3) is 0 Å². The highest BCUT2D eigenvalue weighted by atomic mass is 35.5. The van der Waals surface area contributed by atoms with Crippen LogP contribution in [0.4, 0.5) is 74.6 Å². The van der Waals surface area contributed by atoms with Gasteiger partial charge in [0.1, 0.15) is 0 Å². The van der Waals surface area contributed by atoms with Crippen molar-refractivity contribution in [2.24, 2.45) is 0 Å². The molecule has 0 N–H and O–H groups in total. The fourth-order valence-electron chi connectivity index (χ4n) is 1.71. The molecule has 0 spiro atoms. The van der Waals surface area contributed by atoms with Crippen molar-refractivity contribution in [1.82, 2.24) is 0 Å². The molecule has 188 valence electrons. The topological polar surface area (TPSA) is 0 Å². The molecule has 0 aromatic carbocycles. The molecule has 0 aliphatic carbocycles. The van der Waals surface area contributed by atoms with Gasteiger partial charge in [-0.25, -0.2) is 0 Å². The highest BCUT2D eigenvalue weighted by Crippen LogP contribution is 2.64. The summed E-state index contributed by atoms with van der Waals surface area (Å²) in [7, 11) is 0. The molecular weight excluding hydrogens is 535 g/mol. The quantitative estimate of drug-likeness (QED) is 0.149. The molecule has 0 heterocycles. The normalized spacial score (nSPS) is 16.1. The number of rotatable bonds is 11. The highest BCUT2D eigenvalue weighted by molar-refractivity contribution is 7.99. The third-order valence-electron chi connectivity index (χ3n) is 3.57. The third-order valence-corrected chi connectivity index (χ3v) is 4.97. The molecule has 0 saturated carbocycles. The summed E-state index contributed by atoms with van der Waals surface area (Å²) >= 11 is 5.32. The van der Waals surface area contributed by atoms with Crippen molar-refractivity contribution in [2.75, 3.05) is 17.4 Å². The Kier molecular flexibility index (Phi) is 8.51. The van der Waals surface area contributed by atoms with E-state index in [0.29, 0.717) is 0 Å². The first-order valence-electron chi connectivity index (χ1n) is 7.16. The van der Waals surface area contributed by atoms with Crippen LogP contribution in [0.5, 0.6) is 0 Å². The Morgan fingerprint density at radius 1 is 0.452 bits per heavy atom. The molecule has 31 heavy (non-hydrogen) atoms. The Morgan fingerprint density at radius 3 is 1.10 bits per heavy atom. The number of hydrogen-bond acceptors (Lipinski definition) is 1. The summed E-state index contributed by atoms with van der Waals surface area (Å²) in [5, 5.41) is 0. The fourth-order valence-corrected chi connectivity index (χ4v) is 2.75. The van der Waals surface area contributed by atoms with Gasteiger partial charge in [0.25, 0.3) is 0 Å². The van der Waals surface area contributed by atoms with Gasteiger partial charge in [0, 0.05) is 18.1 Å². The Bertz CT molecular complexity index is 611. The molecule has 19 heteroatoms. The van der Waals surface area contributed by atoms with Gasteiger partial charge < -0.3 is 0 Å². The Morgan fingerprint density at radius 2 is 0.774 bits per heavy atom. The lowest BCUT2D eigenvalue weighted by atomic mass is 9.88. The van der Waals surface area contributed by atoms with Gasteiger partial charge in [-0.15, -0.1) is 11.6 Å². The first kappa shape index (κ1) is 30.4. The van der Waals surface area contributed by atoms with Gasteiger partial charge in [-0.1, -0.05) is 0 Å². The Labute approximate surface area is 170 Å². The molecule has 0 saturated heterocycles. The van der Waals surface area contributed by atoms with Crippen LogP contribution in [0.2, 0.25) is 0 Å². The average molecular weight is 543 g/mol. The molecule has 0 radical (unpaired) electrons. The summed E-state index contributed by atoms with van der Waals surface area (Å²) in [6.07, 6.45) is -10.2. The van der Waals surface area contributed by atoms with Gasteiger partial charge in [-0.3, -0.25) is 0 Å². The molecular formula is C12H8ClF17S. The lowest BCUT2D eigenvalue weighted by Crippen LogP contribution is -2.74. The smallest absolute Gasteiger partial charge is 0.200 e. The van der Waals surface area contributed by atoms with E-state index in [4.69, 9.17) is 11.6 Å². The zero-order valence-corrected chi connectivity index (χ0v) is 15.6. The molecule has 0 aromatic rings. The highest BCUT2D eigenvalue weighted by Gasteiger charge is 2.95. The summed E-state index contributed by atoms with van der Waals surface area (Å²) in [6, 6.07) is 0. The van der Waals surface area contributed by atoms with Gasteiger partial charge in [0.15, 0.2) is 0 Å². The van der Waals surface area contributed by atoms with E-state index in [-0.39, 0.29) is 23.4 Å². The van der Waals surface area contributed by atoms with Crippen LogP contribution in [-0.4, -0.2) is 65.0 Å². The lowest BCUT2D eigenvalue weighted by Gasteiger charge is -2.42. The van der Waals surface area contributed by atoms with Gasteiger partial charge in [-0.2, -0.15) is 86.4 Å². The van der Waals surface area contributed by atoms with E-state index in [0.717, 1.165) is 0 Å². The predicted octanol–water partition coefficient (Wildman–Crippen LogP) is 7.36. The third kappa shape index (κ3) is 4.60. The predicted molar refractivity (Wildman–Crippen MR) is 73.3 cm³/mol. The molecule has 0 atom stereocenters. The van der Waals surface area contributed by atoms with Crippen LogP contribution < -0.4 is 0 Å². The van der Waals surface area contributed by atoms with Crippen LogP contribution in [0.15, 0.2) is 0 Å². The van der Waals surface area contributed by atoms with Crippen LogP contribution >= 0.6 is 23.4 Å². The lowest BCUT2D eigenvalue weighted by molar-refractivity contribution is -0.461.